The van der Waals surface area contributed by atoms with E-state index in [1.165, 1.54) is 26.5 Å². The Kier molecular flexibility index (Phi) is 5.03. The second kappa shape index (κ2) is 6.79. The third kappa shape index (κ3) is 3.22. The summed E-state index contributed by atoms with van der Waals surface area (Å²) < 4.78 is 38.4. The quantitative estimate of drug-likeness (QED) is 0.784. The standard InChI is InChI=1S/C15H15ClF2N2O2/c1-20(9-4-5-13(16)19-7-9)8-10-14(17)11(21-2)6-12(22-3)15(10)18/h4-7H,8H2,1-3H3. The molecule has 0 amide bonds. The van der Waals surface area contributed by atoms with E-state index in [9.17, 15) is 8.78 Å². The number of benzene rings is 1. The van der Waals surface area contributed by atoms with E-state index in [0.29, 0.717) is 10.8 Å². The van der Waals surface area contributed by atoms with E-state index in [0.717, 1.165) is 0 Å². The van der Waals surface area contributed by atoms with Gasteiger partial charge >= 0.3 is 0 Å². The first-order valence-electron chi connectivity index (χ1n) is 6.39. The van der Waals surface area contributed by atoms with Crippen LogP contribution < -0.4 is 14.4 Å². The molecule has 0 atom stereocenters. The van der Waals surface area contributed by atoms with E-state index in [4.69, 9.17) is 21.1 Å². The molecular weight excluding hydrogens is 314 g/mol. The topological polar surface area (TPSA) is 34.6 Å². The van der Waals surface area contributed by atoms with Gasteiger partial charge < -0.3 is 14.4 Å². The molecule has 118 valence electrons. The van der Waals surface area contributed by atoms with Crippen LogP contribution in [-0.4, -0.2) is 26.3 Å². The number of anilines is 1. The molecule has 2 aromatic rings. The van der Waals surface area contributed by atoms with Crippen LogP contribution in [-0.2, 0) is 6.54 Å². The fraction of sp³-hybridized carbons (Fsp3) is 0.267. The van der Waals surface area contributed by atoms with Gasteiger partial charge in [-0.3, -0.25) is 0 Å². The molecule has 0 radical (unpaired) electrons. The van der Waals surface area contributed by atoms with Gasteiger partial charge in [0, 0.05) is 19.7 Å². The normalized spacial score (nSPS) is 10.5. The lowest BCUT2D eigenvalue weighted by atomic mass is 10.1. The molecule has 4 nitrogen and oxygen atoms in total. The maximum atomic E-state index is 14.3. The largest absolute Gasteiger partial charge is 0.494 e. The summed E-state index contributed by atoms with van der Waals surface area (Å²) in [5.41, 5.74) is 0.527. The highest BCUT2D eigenvalue weighted by molar-refractivity contribution is 6.29. The van der Waals surface area contributed by atoms with Crippen molar-refractivity contribution in [3.8, 4) is 11.5 Å². The second-order valence-electron chi connectivity index (χ2n) is 4.58. The van der Waals surface area contributed by atoms with Crippen LogP contribution in [0.5, 0.6) is 11.5 Å². The van der Waals surface area contributed by atoms with Gasteiger partial charge in [0.1, 0.15) is 5.15 Å². The Morgan fingerprint density at radius 1 is 1.14 bits per heavy atom. The molecule has 0 bridgehead atoms. The maximum Gasteiger partial charge on any atom is 0.173 e. The average Bonchev–Trinajstić information content (AvgIpc) is 2.52. The van der Waals surface area contributed by atoms with Gasteiger partial charge in [0.2, 0.25) is 0 Å². The third-order valence-corrected chi connectivity index (χ3v) is 3.44. The Morgan fingerprint density at radius 3 is 2.18 bits per heavy atom. The summed E-state index contributed by atoms with van der Waals surface area (Å²) in [6, 6.07) is 4.49. The lowest BCUT2D eigenvalue weighted by Gasteiger charge is -2.21. The van der Waals surface area contributed by atoms with Gasteiger partial charge in [-0.15, -0.1) is 0 Å². The lowest BCUT2D eigenvalue weighted by molar-refractivity contribution is 0.353. The molecule has 0 spiro atoms. The van der Waals surface area contributed by atoms with Crippen molar-refractivity contribution >= 4 is 17.3 Å². The molecule has 1 heterocycles. The smallest absolute Gasteiger partial charge is 0.173 e. The van der Waals surface area contributed by atoms with Crippen LogP contribution >= 0.6 is 11.6 Å². The second-order valence-corrected chi connectivity index (χ2v) is 4.97. The zero-order valence-corrected chi connectivity index (χ0v) is 13.1. The number of methoxy groups -OCH3 is 2. The minimum absolute atomic E-state index is 0.0193. The Balaban J connectivity index is 2.37. The molecule has 22 heavy (non-hydrogen) atoms. The Hall–Kier alpha value is -2.08. The van der Waals surface area contributed by atoms with Crippen molar-refractivity contribution in [1.82, 2.24) is 4.98 Å². The van der Waals surface area contributed by atoms with E-state index >= 15 is 0 Å². The number of pyridine rings is 1. The van der Waals surface area contributed by atoms with Gasteiger partial charge in [-0.25, -0.2) is 13.8 Å². The molecule has 0 unspecified atom stereocenters. The average molecular weight is 329 g/mol. The third-order valence-electron chi connectivity index (χ3n) is 3.21. The highest BCUT2D eigenvalue weighted by Crippen LogP contribution is 2.32. The number of ether oxygens (including phenoxy) is 2. The summed E-state index contributed by atoms with van der Waals surface area (Å²) in [7, 11) is 4.31. The number of hydrogen-bond acceptors (Lipinski definition) is 4. The fourth-order valence-corrected chi connectivity index (χ4v) is 2.11. The first-order valence-corrected chi connectivity index (χ1v) is 6.77. The lowest BCUT2D eigenvalue weighted by Crippen LogP contribution is -2.19. The van der Waals surface area contributed by atoms with Gasteiger partial charge in [-0.1, -0.05) is 11.6 Å². The molecule has 1 aromatic carbocycles. The summed E-state index contributed by atoms with van der Waals surface area (Å²) in [5.74, 6) is -1.66. The summed E-state index contributed by atoms with van der Waals surface area (Å²) in [6.07, 6.45) is 1.52. The van der Waals surface area contributed by atoms with Crippen molar-refractivity contribution in [2.75, 3.05) is 26.2 Å². The van der Waals surface area contributed by atoms with Crippen molar-refractivity contribution in [3.05, 3.63) is 46.7 Å². The maximum absolute atomic E-state index is 14.3. The predicted molar refractivity (Wildman–Crippen MR) is 80.8 cm³/mol. The number of hydrogen-bond donors (Lipinski definition) is 0. The van der Waals surface area contributed by atoms with Crippen LogP contribution in [0, 0.1) is 11.6 Å². The molecule has 0 saturated heterocycles. The van der Waals surface area contributed by atoms with Gasteiger partial charge in [0.25, 0.3) is 0 Å². The Labute approximate surface area is 132 Å². The van der Waals surface area contributed by atoms with Crippen LogP contribution in [0.1, 0.15) is 5.56 Å². The molecule has 2 rings (SSSR count). The molecular formula is C15H15ClF2N2O2. The molecule has 1 aromatic heterocycles. The molecule has 0 aliphatic heterocycles. The summed E-state index contributed by atoms with van der Waals surface area (Å²) in [4.78, 5) is 5.58. The van der Waals surface area contributed by atoms with E-state index in [2.05, 4.69) is 4.98 Å². The molecule has 0 aliphatic carbocycles. The highest BCUT2D eigenvalue weighted by atomic mass is 35.5. The van der Waals surface area contributed by atoms with Gasteiger partial charge in [0.05, 0.1) is 31.7 Å². The van der Waals surface area contributed by atoms with E-state index in [1.807, 2.05) is 0 Å². The van der Waals surface area contributed by atoms with Crippen LogP contribution in [0.15, 0.2) is 24.4 Å². The number of rotatable bonds is 5. The van der Waals surface area contributed by atoms with Gasteiger partial charge in [-0.05, 0) is 12.1 Å². The van der Waals surface area contributed by atoms with Crippen LogP contribution in [0.25, 0.3) is 0 Å². The predicted octanol–water partition coefficient (Wildman–Crippen LogP) is 3.67. The van der Waals surface area contributed by atoms with Gasteiger partial charge in [0.15, 0.2) is 23.1 Å². The van der Waals surface area contributed by atoms with Crippen LogP contribution in [0.4, 0.5) is 14.5 Å². The summed E-state index contributed by atoms with van der Waals surface area (Å²) in [5, 5.41) is 0.345. The van der Waals surface area contributed by atoms with E-state index in [1.54, 1.807) is 24.1 Å². The van der Waals surface area contributed by atoms with Gasteiger partial charge in [-0.2, -0.15) is 0 Å². The first-order chi connectivity index (χ1) is 10.5. The number of aromatic nitrogens is 1. The minimum Gasteiger partial charge on any atom is -0.494 e. The molecule has 0 fully saturated rings. The minimum atomic E-state index is -0.755. The monoisotopic (exact) mass is 328 g/mol. The van der Waals surface area contributed by atoms with Crippen LogP contribution in [0.3, 0.4) is 0 Å². The van der Waals surface area contributed by atoms with Crippen LogP contribution in [0.2, 0.25) is 5.15 Å². The number of halogens is 3. The van der Waals surface area contributed by atoms with Crippen molar-refractivity contribution in [2.45, 2.75) is 6.54 Å². The summed E-state index contributed by atoms with van der Waals surface area (Å²) in [6.45, 7) is -0.0193. The number of nitrogens with zero attached hydrogens (tertiary/aromatic N) is 2. The SMILES string of the molecule is COc1cc(OC)c(F)c(CN(C)c2ccc(Cl)nc2)c1F. The molecule has 0 aliphatic rings. The first kappa shape index (κ1) is 16.3. The van der Waals surface area contributed by atoms with Crippen molar-refractivity contribution in [2.24, 2.45) is 0 Å². The highest BCUT2D eigenvalue weighted by Gasteiger charge is 2.21. The van der Waals surface area contributed by atoms with Crippen molar-refractivity contribution in [3.63, 3.8) is 0 Å². The Bertz CT molecular complexity index is 637. The zero-order valence-electron chi connectivity index (χ0n) is 12.4. The van der Waals surface area contributed by atoms with E-state index < -0.39 is 11.6 Å². The Morgan fingerprint density at radius 2 is 1.73 bits per heavy atom. The van der Waals surface area contributed by atoms with E-state index in [-0.39, 0.29) is 23.6 Å². The fourth-order valence-electron chi connectivity index (χ4n) is 2.00. The molecule has 7 heteroatoms. The zero-order chi connectivity index (χ0) is 16.3. The van der Waals surface area contributed by atoms with Crippen molar-refractivity contribution in [1.29, 1.82) is 0 Å². The molecule has 0 saturated carbocycles. The molecule has 0 N–H and O–H groups in total. The van der Waals surface area contributed by atoms with Crippen molar-refractivity contribution < 1.29 is 18.3 Å². The summed E-state index contributed by atoms with van der Waals surface area (Å²) >= 11 is 5.72.